The van der Waals surface area contributed by atoms with E-state index >= 15 is 0 Å². The predicted molar refractivity (Wildman–Crippen MR) is 65.1 cm³/mol. The lowest BCUT2D eigenvalue weighted by Crippen LogP contribution is -2.23. The Labute approximate surface area is 94.3 Å². The van der Waals surface area contributed by atoms with Crippen molar-refractivity contribution in [3.05, 3.63) is 40.7 Å². The van der Waals surface area contributed by atoms with Gasteiger partial charge in [-0.15, -0.1) is 0 Å². The second-order valence-electron chi connectivity index (χ2n) is 4.04. The molecule has 2 rings (SSSR count). The summed E-state index contributed by atoms with van der Waals surface area (Å²) >= 11 is 0. The van der Waals surface area contributed by atoms with E-state index in [1.54, 1.807) is 10.6 Å². The molecule has 0 fully saturated rings. The minimum atomic E-state index is -0.0730. The van der Waals surface area contributed by atoms with Gasteiger partial charge in [0.15, 0.2) is 5.75 Å². The van der Waals surface area contributed by atoms with Crippen LogP contribution in [0.4, 0.5) is 0 Å². The first kappa shape index (κ1) is 10.7. The average molecular weight is 217 g/mol. The number of hydrogen-bond donors (Lipinski definition) is 0. The van der Waals surface area contributed by atoms with Gasteiger partial charge in [-0.05, 0) is 26.0 Å². The van der Waals surface area contributed by atoms with Crippen LogP contribution in [0, 0.1) is 0 Å². The monoisotopic (exact) mass is 217 g/mol. The fourth-order valence-electron chi connectivity index (χ4n) is 1.92. The van der Waals surface area contributed by atoms with E-state index in [2.05, 4.69) is 0 Å². The lowest BCUT2D eigenvalue weighted by molar-refractivity contribution is 0.401. The number of benzene rings is 1. The second kappa shape index (κ2) is 4.00. The Morgan fingerprint density at radius 3 is 2.56 bits per heavy atom. The zero-order chi connectivity index (χ0) is 11.7. The Kier molecular flexibility index (Phi) is 2.69. The predicted octanol–water partition coefficient (Wildman–Crippen LogP) is 2.59. The summed E-state index contributed by atoms with van der Waals surface area (Å²) in [4.78, 5) is 12.1. The van der Waals surface area contributed by atoms with Crippen LogP contribution in [0.5, 0.6) is 5.75 Å². The number of methoxy groups -OCH3 is 1. The fourth-order valence-corrected chi connectivity index (χ4v) is 1.92. The molecule has 2 aromatic rings. The molecule has 0 saturated heterocycles. The number of hydrogen-bond acceptors (Lipinski definition) is 2. The van der Waals surface area contributed by atoms with E-state index in [1.165, 1.54) is 7.11 Å². The highest BCUT2D eigenvalue weighted by Gasteiger charge is 2.11. The summed E-state index contributed by atoms with van der Waals surface area (Å²) in [7, 11) is 1.52. The molecule has 16 heavy (non-hydrogen) atoms. The third-order valence-electron chi connectivity index (χ3n) is 2.65. The van der Waals surface area contributed by atoms with Crippen molar-refractivity contribution in [2.75, 3.05) is 7.11 Å². The number of rotatable bonds is 2. The molecule has 0 amide bonds. The van der Waals surface area contributed by atoms with Crippen LogP contribution in [-0.2, 0) is 0 Å². The Morgan fingerprint density at radius 2 is 1.94 bits per heavy atom. The SMILES string of the molecule is COc1cc2ccccc2n(C(C)C)c1=O. The van der Waals surface area contributed by atoms with Crippen LogP contribution in [0.3, 0.4) is 0 Å². The van der Waals surface area contributed by atoms with Crippen molar-refractivity contribution in [2.45, 2.75) is 19.9 Å². The summed E-state index contributed by atoms with van der Waals surface area (Å²) in [5, 5.41) is 1.02. The minimum Gasteiger partial charge on any atom is -0.491 e. The van der Waals surface area contributed by atoms with Crippen LogP contribution in [0.2, 0.25) is 0 Å². The molecule has 0 aliphatic rings. The van der Waals surface area contributed by atoms with Crippen molar-refractivity contribution >= 4 is 10.9 Å². The zero-order valence-corrected chi connectivity index (χ0v) is 9.73. The van der Waals surface area contributed by atoms with Crippen molar-refractivity contribution in [1.29, 1.82) is 0 Å². The summed E-state index contributed by atoms with van der Waals surface area (Å²) in [6, 6.07) is 9.74. The van der Waals surface area contributed by atoms with Crippen LogP contribution in [0.15, 0.2) is 35.1 Å². The topological polar surface area (TPSA) is 31.2 Å². The van der Waals surface area contributed by atoms with Gasteiger partial charge in [0, 0.05) is 11.4 Å². The highest BCUT2D eigenvalue weighted by molar-refractivity contribution is 5.80. The molecule has 0 radical (unpaired) electrons. The summed E-state index contributed by atoms with van der Waals surface area (Å²) in [5.74, 6) is 0.396. The summed E-state index contributed by atoms with van der Waals surface area (Å²) in [6.45, 7) is 3.99. The van der Waals surface area contributed by atoms with E-state index in [1.807, 2.05) is 38.1 Å². The van der Waals surface area contributed by atoms with Crippen LogP contribution in [0.1, 0.15) is 19.9 Å². The Morgan fingerprint density at radius 1 is 1.25 bits per heavy atom. The van der Waals surface area contributed by atoms with E-state index in [-0.39, 0.29) is 11.6 Å². The molecule has 1 aromatic heterocycles. The molecule has 1 heterocycles. The molecule has 1 aromatic carbocycles. The van der Waals surface area contributed by atoms with E-state index < -0.39 is 0 Å². The third-order valence-corrected chi connectivity index (χ3v) is 2.65. The van der Waals surface area contributed by atoms with Gasteiger partial charge in [-0.3, -0.25) is 4.79 Å². The second-order valence-corrected chi connectivity index (χ2v) is 4.04. The molecule has 0 bridgehead atoms. The molecule has 0 atom stereocenters. The van der Waals surface area contributed by atoms with Gasteiger partial charge in [-0.25, -0.2) is 0 Å². The summed E-state index contributed by atoms with van der Waals surface area (Å²) in [5.41, 5.74) is 0.875. The molecule has 0 N–H and O–H groups in total. The van der Waals surface area contributed by atoms with Gasteiger partial charge in [0.2, 0.25) is 0 Å². The van der Waals surface area contributed by atoms with Crippen molar-refractivity contribution < 1.29 is 4.74 Å². The molecule has 0 aliphatic carbocycles. The largest absolute Gasteiger partial charge is 0.491 e. The Bertz CT molecular complexity index is 570. The minimum absolute atomic E-state index is 0.0730. The summed E-state index contributed by atoms with van der Waals surface area (Å²) < 4.78 is 6.87. The molecule has 3 nitrogen and oxygen atoms in total. The molecule has 84 valence electrons. The maximum atomic E-state index is 12.1. The Balaban J connectivity index is 2.91. The van der Waals surface area contributed by atoms with Crippen LogP contribution in [-0.4, -0.2) is 11.7 Å². The van der Waals surface area contributed by atoms with Crippen LogP contribution >= 0.6 is 0 Å². The normalized spacial score (nSPS) is 11.0. The van der Waals surface area contributed by atoms with Gasteiger partial charge in [-0.1, -0.05) is 18.2 Å². The van der Waals surface area contributed by atoms with Gasteiger partial charge >= 0.3 is 0 Å². The molecule has 0 saturated carbocycles. The lowest BCUT2D eigenvalue weighted by atomic mass is 10.2. The third kappa shape index (κ3) is 1.58. The standard InChI is InChI=1S/C13H15NO2/c1-9(2)14-11-7-5-4-6-10(11)8-12(16-3)13(14)15/h4-9H,1-3H3. The lowest BCUT2D eigenvalue weighted by Gasteiger charge is -2.15. The molecular formula is C13H15NO2. The van der Waals surface area contributed by atoms with E-state index in [4.69, 9.17) is 4.74 Å². The number of pyridine rings is 1. The van der Waals surface area contributed by atoms with E-state index in [9.17, 15) is 4.79 Å². The van der Waals surface area contributed by atoms with E-state index in [0.29, 0.717) is 5.75 Å². The number of fused-ring (bicyclic) bond motifs is 1. The van der Waals surface area contributed by atoms with Crippen LogP contribution in [0.25, 0.3) is 10.9 Å². The average Bonchev–Trinajstić information content (AvgIpc) is 2.27. The fraction of sp³-hybridized carbons (Fsp3) is 0.308. The maximum Gasteiger partial charge on any atom is 0.293 e. The van der Waals surface area contributed by atoms with Crippen LogP contribution < -0.4 is 10.3 Å². The number of aromatic nitrogens is 1. The van der Waals surface area contributed by atoms with Gasteiger partial charge in [-0.2, -0.15) is 0 Å². The zero-order valence-electron chi connectivity index (χ0n) is 9.73. The molecule has 0 spiro atoms. The van der Waals surface area contributed by atoms with Crippen molar-refractivity contribution in [3.63, 3.8) is 0 Å². The van der Waals surface area contributed by atoms with Gasteiger partial charge in [0.1, 0.15) is 0 Å². The first-order valence-corrected chi connectivity index (χ1v) is 5.33. The van der Waals surface area contributed by atoms with Crippen molar-refractivity contribution in [3.8, 4) is 5.75 Å². The quantitative estimate of drug-likeness (QED) is 0.774. The van der Waals surface area contributed by atoms with Crippen molar-refractivity contribution in [1.82, 2.24) is 4.57 Å². The first-order chi connectivity index (χ1) is 7.65. The van der Waals surface area contributed by atoms with Gasteiger partial charge in [0.05, 0.1) is 12.6 Å². The molecule has 0 unspecified atom stereocenters. The Hall–Kier alpha value is -1.77. The molecular weight excluding hydrogens is 202 g/mol. The number of nitrogens with zero attached hydrogens (tertiary/aromatic N) is 1. The number of para-hydroxylation sites is 1. The van der Waals surface area contributed by atoms with Gasteiger partial charge < -0.3 is 9.30 Å². The highest BCUT2D eigenvalue weighted by atomic mass is 16.5. The smallest absolute Gasteiger partial charge is 0.293 e. The molecule has 0 aliphatic heterocycles. The summed E-state index contributed by atoms with van der Waals surface area (Å²) in [6.07, 6.45) is 0. The van der Waals surface area contributed by atoms with E-state index in [0.717, 1.165) is 10.9 Å². The number of ether oxygens (including phenoxy) is 1. The highest BCUT2D eigenvalue weighted by Crippen LogP contribution is 2.19. The van der Waals surface area contributed by atoms with Gasteiger partial charge in [0.25, 0.3) is 5.56 Å². The first-order valence-electron chi connectivity index (χ1n) is 5.33. The molecule has 3 heteroatoms. The van der Waals surface area contributed by atoms with Crippen molar-refractivity contribution in [2.24, 2.45) is 0 Å². The maximum absolute atomic E-state index is 12.1.